The molecule has 0 fully saturated rings. The standard InChI is InChI=1S/C16H23N5O2/c1-11(2)21-14(18-19-20-21)8-9-17-15(22)10-23-16-12(3)6-5-7-13(16)4/h5-7,11H,8-10H2,1-4H3,(H,17,22). The first-order valence-corrected chi connectivity index (χ1v) is 7.71. The number of ether oxygens (including phenoxy) is 1. The molecule has 0 saturated heterocycles. The minimum absolute atomic E-state index is 0.000808. The molecule has 2 rings (SSSR count). The van der Waals surface area contributed by atoms with Crippen LogP contribution in [0.1, 0.15) is 36.8 Å². The molecule has 0 aliphatic carbocycles. The highest BCUT2D eigenvalue weighted by molar-refractivity contribution is 5.77. The summed E-state index contributed by atoms with van der Waals surface area (Å²) in [5, 5.41) is 14.4. The summed E-state index contributed by atoms with van der Waals surface area (Å²) in [7, 11) is 0. The van der Waals surface area contributed by atoms with Crippen LogP contribution in [-0.2, 0) is 11.2 Å². The molecular formula is C16H23N5O2. The monoisotopic (exact) mass is 317 g/mol. The number of aromatic nitrogens is 4. The molecule has 124 valence electrons. The molecule has 1 aromatic carbocycles. The fourth-order valence-electron chi connectivity index (χ4n) is 2.31. The number of amides is 1. The van der Waals surface area contributed by atoms with Gasteiger partial charge in [-0.25, -0.2) is 4.68 Å². The summed E-state index contributed by atoms with van der Waals surface area (Å²) >= 11 is 0. The maximum Gasteiger partial charge on any atom is 0.257 e. The van der Waals surface area contributed by atoms with Crippen molar-refractivity contribution in [1.29, 1.82) is 0 Å². The number of benzene rings is 1. The van der Waals surface area contributed by atoms with E-state index >= 15 is 0 Å². The maximum atomic E-state index is 11.9. The van der Waals surface area contributed by atoms with Crippen molar-refractivity contribution in [2.75, 3.05) is 13.2 Å². The highest BCUT2D eigenvalue weighted by Gasteiger charge is 2.10. The van der Waals surface area contributed by atoms with Gasteiger partial charge >= 0.3 is 0 Å². The Morgan fingerprint density at radius 3 is 2.65 bits per heavy atom. The van der Waals surface area contributed by atoms with Crippen molar-refractivity contribution in [2.45, 2.75) is 40.2 Å². The predicted molar refractivity (Wildman–Crippen MR) is 86.3 cm³/mol. The first-order valence-electron chi connectivity index (χ1n) is 7.71. The molecule has 1 heterocycles. The first kappa shape index (κ1) is 16.9. The van der Waals surface area contributed by atoms with Crippen LogP contribution in [0.2, 0.25) is 0 Å². The molecule has 0 aliphatic heterocycles. The Kier molecular flexibility index (Phi) is 5.67. The third-order valence-corrected chi connectivity index (χ3v) is 3.48. The van der Waals surface area contributed by atoms with Gasteiger partial charge in [0.05, 0.1) is 6.04 Å². The van der Waals surface area contributed by atoms with E-state index in [1.54, 1.807) is 4.68 Å². The second kappa shape index (κ2) is 7.71. The molecule has 0 unspecified atom stereocenters. The quantitative estimate of drug-likeness (QED) is 0.839. The minimum atomic E-state index is -0.156. The zero-order valence-corrected chi connectivity index (χ0v) is 14.0. The van der Waals surface area contributed by atoms with Crippen molar-refractivity contribution < 1.29 is 9.53 Å². The molecule has 1 N–H and O–H groups in total. The number of hydrogen-bond donors (Lipinski definition) is 1. The smallest absolute Gasteiger partial charge is 0.257 e. The summed E-state index contributed by atoms with van der Waals surface area (Å²) in [4.78, 5) is 11.9. The Balaban J connectivity index is 1.78. The van der Waals surface area contributed by atoms with Crippen LogP contribution < -0.4 is 10.1 Å². The Hall–Kier alpha value is -2.44. The van der Waals surface area contributed by atoms with Crippen LogP contribution in [0, 0.1) is 13.8 Å². The van der Waals surface area contributed by atoms with Gasteiger partial charge in [-0.2, -0.15) is 0 Å². The highest BCUT2D eigenvalue weighted by atomic mass is 16.5. The molecule has 1 aromatic heterocycles. The number of tetrazole rings is 1. The first-order chi connectivity index (χ1) is 11.0. The molecule has 7 nitrogen and oxygen atoms in total. The lowest BCUT2D eigenvalue weighted by molar-refractivity contribution is -0.123. The Bertz CT molecular complexity index is 646. The molecule has 0 atom stereocenters. The lowest BCUT2D eigenvalue weighted by Crippen LogP contribution is -2.31. The largest absolute Gasteiger partial charge is 0.483 e. The van der Waals surface area contributed by atoms with Crippen molar-refractivity contribution in [2.24, 2.45) is 0 Å². The van der Waals surface area contributed by atoms with Gasteiger partial charge in [-0.1, -0.05) is 18.2 Å². The van der Waals surface area contributed by atoms with Crippen molar-refractivity contribution in [1.82, 2.24) is 25.5 Å². The summed E-state index contributed by atoms with van der Waals surface area (Å²) in [6.45, 7) is 8.43. The van der Waals surface area contributed by atoms with E-state index in [1.807, 2.05) is 45.9 Å². The lowest BCUT2D eigenvalue weighted by atomic mass is 10.1. The highest BCUT2D eigenvalue weighted by Crippen LogP contribution is 2.21. The summed E-state index contributed by atoms with van der Waals surface area (Å²) in [6.07, 6.45) is 0.584. The van der Waals surface area contributed by atoms with Crippen molar-refractivity contribution in [3.8, 4) is 5.75 Å². The van der Waals surface area contributed by atoms with E-state index in [-0.39, 0.29) is 18.6 Å². The van der Waals surface area contributed by atoms with E-state index < -0.39 is 0 Å². The van der Waals surface area contributed by atoms with Gasteiger partial charge in [0.15, 0.2) is 12.4 Å². The topological polar surface area (TPSA) is 81.9 Å². The third-order valence-electron chi connectivity index (χ3n) is 3.48. The summed E-state index contributed by atoms with van der Waals surface area (Å²) in [5.41, 5.74) is 2.04. The number of carbonyl (C=O) groups is 1. The van der Waals surface area contributed by atoms with E-state index in [0.29, 0.717) is 13.0 Å². The SMILES string of the molecule is Cc1cccc(C)c1OCC(=O)NCCc1nnnn1C(C)C. The van der Waals surface area contributed by atoms with Crippen LogP contribution in [0.25, 0.3) is 0 Å². The zero-order chi connectivity index (χ0) is 16.8. The van der Waals surface area contributed by atoms with Crippen molar-refractivity contribution in [3.05, 3.63) is 35.2 Å². The van der Waals surface area contributed by atoms with Gasteiger partial charge in [0, 0.05) is 13.0 Å². The van der Waals surface area contributed by atoms with E-state index in [0.717, 1.165) is 22.7 Å². The maximum absolute atomic E-state index is 11.9. The fraction of sp³-hybridized carbons (Fsp3) is 0.500. The number of hydrogen-bond acceptors (Lipinski definition) is 5. The third kappa shape index (κ3) is 4.51. The van der Waals surface area contributed by atoms with Crippen molar-refractivity contribution >= 4 is 5.91 Å². The van der Waals surface area contributed by atoms with Gasteiger partial charge in [0.25, 0.3) is 5.91 Å². The number of rotatable bonds is 7. The van der Waals surface area contributed by atoms with Gasteiger partial charge in [-0.15, -0.1) is 5.10 Å². The fourth-order valence-corrected chi connectivity index (χ4v) is 2.31. The summed E-state index contributed by atoms with van der Waals surface area (Å²) < 4.78 is 7.37. The molecule has 1 amide bonds. The van der Waals surface area contributed by atoms with Gasteiger partial charge in [-0.05, 0) is 49.2 Å². The van der Waals surface area contributed by atoms with Gasteiger partial charge < -0.3 is 10.1 Å². The van der Waals surface area contributed by atoms with E-state index in [1.165, 1.54) is 0 Å². The Morgan fingerprint density at radius 1 is 1.30 bits per heavy atom. The molecule has 7 heteroatoms. The number of aryl methyl sites for hydroxylation is 2. The minimum Gasteiger partial charge on any atom is -0.483 e. The average Bonchev–Trinajstić information content (AvgIpc) is 2.95. The van der Waals surface area contributed by atoms with Gasteiger partial charge in [0.1, 0.15) is 5.75 Å². The molecule has 0 radical (unpaired) electrons. The van der Waals surface area contributed by atoms with E-state index in [4.69, 9.17) is 4.74 Å². The van der Waals surface area contributed by atoms with E-state index in [9.17, 15) is 4.79 Å². The van der Waals surface area contributed by atoms with Crippen LogP contribution in [0.3, 0.4) is 0 Å². The lowest BCUT2D eigenvalue weighted by Gasteiger charge is -2.12. The number of carbonyl (C=O) groups excluding carboxylic acids is 1. The number of para-hydroxylation sites is 1. The van der Waals surface area contributed by atoms with Crippen LogP contribution in [0.5, 0.6) is 5.75 Å². The van der Waals surface area contributed by atoms with E-state index in [2.05, 4.69) is 20.8 Å². The van der Waals surface area contributed by atoms with Crippen LogP contribution in [-0.4, -0.2) is 39.3 Å². The molecule has 23 heavy (non-hydrogen) atoms. The zero-order valence-electron chi connectivity index (χ0n) is 14.0. The number of nitrogens with zero attached hydrogens (tertiary/aromatic N) is 4. The Morgan fingerprint density at radius 2 is 2.00 bits per heavy atom. The van der Waals surface area contributed by atoms with Crippen molar-refractivity contribution in [3.63, 3.8) is 0 Å². The van der Waals surface area contributed by atoms with Gasteiger partial charge in [0.2, 0.25) is 0 Å². The van der Waals surface area contributed by atoms with Crippen LogP contribution >= 0.6 is 0 Å². The molecule has 0 bridgehead atoms. The Labute approximate surface area is 136 Å². The molecule has 0 aliphatic rings. The predicted octanol–water partition coefficient (Wildman–Crippen LogP) is 1.61. The molecular weight excluding hydrogens is 294 g/mol. The van der Waals surface area contributed by atoms with Gasteiger partial charge in [-0.3, -0.25) is 4.79 Å². The average molecular weight is 317 g/mol. The normalized spacial score (nSPS) is 10.8. The molecule has 0 spiro atoms. The van der Waals surface area contributed by atoms with Crippen LogP contribution in [0.15, 0.2) is 18.2 Å². The molecule has 2 aromatic rings. The summed E-state index contributed by atoms with van der Waals surface area (Å²) in [5.74, 6) is 1.37. The second-order valence-electron chi connectivity index (χ2n) is 5.74. The number of nitrogens with one attached hydrogen (secondary N) is 1. The van der Waals surface area contributed by atoms with Crippen LogP contribution in [0.4, 0.5) is 0 Å². The second-order valence-corrected chi connectivity index (χ2v) is 5.74. The molecule has 0 saturated carbocycles. The summed E-state index contributed by atoms with van der Waals surface area (Å²) in [6, 6.07) is 6.09.